The summed E-state index contributed by atoms with van der Waals surface area (Å²) in [6.07, 6.45) is 3.65. The lowest BCUT2D eigenvalue weighted by Gasteiger charge is -2.19. The van der Waals surface area contributed by atoms with Crippen LogP contribution in [0, 0.1) is 5.82 Å². The van der Waals surface area contributed by atoms with Gasteiger partial charge in [-0.05, 0) is 30.8 Å². The zero-order valence-corrected chi connectivity index (χ0v) is 12.6. The lowest BCUT2D eigenvalue weighted by molar-refractivity contribution is 0.290. The molecule has 0 aliphatic carbocycles. The fourth-order valence-corrected chi connectivity index (χ4v) is 2.31. The van der Waals surface area contributed by atoms with Crippen molar-refractivity contribution in [3.8, 4) is 11.1 Å². The number of likely N-dealkylation sites (N-methyl/N-ethyl adjacent to an activating group) is 1. The van der Waals surface area contributed by atoms with E-state index in [0.717, 1.165) is 31.7 Å². The topological polar surface area (TPSA) is 25.2 Å². The maximum atomic E-state index is 13.0. The Balaban J connectivity index is 2.21. The van der Waals surface area contributed by atoms with Gasteiger partial charge >= 0.3 is 0 Å². The first-order valence-corrected chi connectivity index (χ1v) is 7.32. The smallest absolute Gasteiger partial charge is 0.189 e. The predicted octanol–water partition coefficient (Wildman–Crippen LogP) is 3.00. The molecule has 3 nitrogen and oxygen atoms in total. The van der Waals surface area contributed by atoms with Crippen molar-refractivity contribution in [3.63, 3.8) is 0 Å². The second-order valence-electron chi connectivity index (χ2n) is 4.99. The molecule has 0 unspecified atom stereocenters. The van der Waals surface area contributed by atoms with E-state index in [-0.39, 0.29) is 11.2 Å². The molecule has 0 N–H and O–H groups in total. The molecule has 21 heavy (non-hydrogen) atoms. The molecular weight excluding hydrogens is 267 g/mol. The molecule has 0 saturated heterocycles. The van der Waals surface area contributed by atoms with Crippen molar-refractivity contribution in [1.82, 2.24) is 9.47 Å². The number of benzene rings is 1. The highest BCUT2D eigenvalue weighted by Crippen LogP contribution is 2.15. The van der Waals surface area contributed by atoms with Crippen LogP contribution in [0.15, 0.2) is 47.5 Å². The van der Waals surface area contributed by atoms with Crippen LogP contribution >= 0.6 is 0 Å². The molecule has 1 aromatic carbocycles. The molecule has 112 valence electrons. The maximum Gasteiger partial charge on any atom is 0.189 e. The second kappa shape index (κ2) is 7.18. The fourth-order valence-electron chi connectivity index (χ4n) is 2.31. The largest absolute Gasteiger partial charge is 0.352 e. The first-order chi connectivity index (χ1) is 10.1. The molecule has 0 aliphatic rings. The van der Waals surface area contributed by atoms with Gasteiger partial charge in [0.1, 0.15) is 5.82 Å². The lowest BCUT2D eigenvalue weighted by atomic mass is 10.1. The highest BCUT2D eigenvalue weighted by atomic mass is 19.1. The average Bonchev–Trinajstić information content (AvgIpc) is 2.51. The van der Waals surface area contributed by atoms with Gasteiger partial charge in [0.05, 0.1) is 0 Å². The van der Waals surface area contributed by atoms with E-state index < -0.39 is 0 Å². The summed E-state index contributed by atoms with van der Waals surface area (Å²) < 4.78 is 15.0. The van der Waals surface area contributed by atoms with Gasteiger partial charge in [-0.2, -0.15) is 0 Å². The first-order valence-electron chi connectivity index (χ1n) is 7.32. The van der Waals surface area contributed by atoms with Crippen LogP contribution in [0.4, 0.5) is 4.39 Å². The van der Waals surface area contributed by atoms with Crippen molar-refractivity contribution in [2.75, 3.05) is 19.6 Å². The SMILES string of the molecule is CCN(CC)CCn1ccc(=O)c(-c2ccc(F)cc2)c1. The van der Waals surface area contributed by atoms with Gasteiger partial charge in [-0.25, -0.2) is 4.39 Å². The van der Waals surface area contributed by atoms with Crippen LogP contribution in [-0.4, -0.2) is 29.1 Å². The van der Waals surface area contributed by atoms with Gasteiger partial charge in [-0.3, -0.25) is 4.79 Å². The molecule has 0 fully saturated rings. The van der Waals surface area contributed by atoms with Crippen molar-refractivity contribution in [2.45, 2.75) is 20.4 Å². The van der Waals surface area contributed by atoms with Crippen LogP contribution in [0.25, 0.3) is 11.1 Å². The zero-order chi connectivity index (χ0) is 15.2. The molecule has 0 spiro atoms. The number of hydrogen-bond donors (Lipinski definition) is 0. The van der Waals surface area contributed by atoms with Crippen LogP contribution in [0.2, 0.25) is 0 Å². The summed E-state index contributed by atoms with van der Waals surface area (Å²) in [5, 5.41) is 0. The molecule has 0 saturated carbocycles. The molecular formula is C17H21FN2O. The van der Waals surface area contributed by atoms with Gasteiger partial charge in [0.2, 0.25) is 0 Å². The minimum atomic E-state index is -0.295. The number of halogens is 1. The Morgan fingerprint density at radius 3 is 2.38 bits per heavy atom. The normalized spacial score (nSPS) is 11.0. The van der Waals surface area contributed by atoms with Crippen LogP contribution in [0.1, 0.15) is 13.8 Å². The van der Waals surface area contributed by atoms with Gasteiger partial charge in [0.25, 0.3) is 0 Å². The van der Waals surface area contributed by atoms with Crippen molar-refractivity contribution in [3.05, 3.63) is 58.8 Å². The Morgan fingerprint density at radius 1 is 1.10 bits per heavy atom. The molecule has 4 heteroatoms. The predicted molar refractivity (Wildman–Crippen MR) is 83.9 cm³/mol. The quantitative estimate of drug-likeness (QED) is 0.816. The Bertz CT molecular complexity index is 630. The highest BCUT2D eigenvalue weighted by Gasteiger charge is 2.05. The van der Waals surface area contributed by atoms with Gasteiger partial charge in [0.15, 0.2) is 5.43 Å². The Kier molecular flexibility index (Phi) is 5.28. The van der Waals surface area contributed by atoms with Crippen molar-refractivity contribution in [1.29, 1.82) is 0 Å². The van der Waals surface area contributed by atoms with Crippen molar-refractivity contribution >= 4 is 0 Å². The molecule has 0 bridgehead atoms. The number of aromatic nitrogens is 1. The number of nitrogens with zero attached hydrogens (tertiary/aromatic N) is 2. The summed E-state index contributed by atoms with van der Waals surface area (Å²) in [4.78, 5) is 14.3. The summed E-state index contributed by atoms with van der Waals surface area (Å²) in [7, 11) is 0. The van der Waals surface area contributed by atoms with E-state index in [1.807, 2.05) is 10.8 Å². The second-order valence-corrected chi connectivity index (χ2v) is 4.99. The van der Waals surface area contributed by atoms with Crippen molar-refractivity contribution < 1.29 is 4.39 Å². The third-order valence-electron chi connectivity index (χ3n) is 3.70. The van der Waals surface area contributed by atoms with Crippen LogP contribution < -0.4 is 5.43 Å². The maximum absolute atomic E-state index is 13.0. The van der Waals surface area contributed by atoms with Crippen LogP contribution in [0.5, 0.6) is 0 Å². The van der Waals surface area contributed by atoms with E-state index in [1.54, 1.807) is 24.4 Å². The number of hydrogen-bond acceptors (Lipinski definition) is 2. The van der Waals surface area contributed by atoms with E-state index in [0.29, 0.717) is 5.56 Å². The standard InChI is InChI=1S/C17H21FN2O/c1-3-19(4-2)11-12-20-10-9-17(21)16(13-20)14-5-7-15(18)8-6-14/h5-10,13H,3-4,11-12H2,1-2H3. The van der Waals surface area contributed by atoms with Crippen LogP contribution in [-0.2, 0) is 6.54 Å². The molecule has 0 aliphatic heterocycles. The Hall–Kier alpha value is -1.94. The lowest BCUT2D eigenvalue weighted by Crippen LogP contribution is -2.27. The van der Waals surface area contributed by atoms with Gasteiger partial charge in [0, 0.05) is 37.1 Å². The summed E-state index contributed by atoms with van der Waals surface area (Å²) in [6, 6.07) is 7.60. The molecule has 0 amide bonds. The summed E-state index contributed by atoms with van der Waals surface area (Å²) in [6.45, 7) is 8.08. The summed E-state index contributed by atoms with van der Waals surface area (Å²) in [5.41, 5.74) is 1.32. The minimum Gasteiger partial charge on any atom is -0.352 e. The molecule has 0 atom stereocenters. The summed E-state index contributed by atoms with van der Waals surface area (Å²) >= 11 is 0. The zero-order valence-electron chi connectivity index (χ0n) is 12.6. The summed E-state index contributed by atoms with van der Waals surface area (Å²) in [5.74, 6) is -0.295. The Morgan fingerprint density at radius 2 is 1.76 bits per heavy atom. The molecule has 2 aromatic rings. The van der Waals surface area contributed by atoms with E-state index in [2.05, 4.69) is 18.7 Å². The fraction of sp³-hybridized carbons (Fsp3) is 0.353. The van der Waals surface area contributed by atoms with Gasteiger partial charge in [-0.1, -0.05) is 26.0 Å². The Labute approximate surface area is 124 Å². The number of rotatable bonds is 6. The van der Waals surface area contributed by atoms with E-state index in [1.165, 1.54) is 12.1 Å². The molecule has 1 heterocycles. The monoisotopic (exact) mass is 288 g/mol. The van der Waals surface area contributed by atoms with Gasteiger partial charge < -0.3 is 9.47 Å². The van der Waals surface area contributed by atoms with Crippen molar-refractivity contribution in [2.24, 2.45) is 0 Å². The third-order valence-corrected chi connectivity index (χ3v) is 3.70. The van der Waals surface area contributed by atoms with E-state index in [9.17, 15) is 9.18 Å². The average molecular weight is 288 g/mol. The highest BCUT2D eigenvalue weighted by molar-refractivity contribution is 5.61. The first kappa shape index (κ1) is 15.4. The molecule has 1 aromatic heterocycles. The van der Waals surface area contributed by atoms with Gasteiger partial charge in [-0.15, -0.1) is 0 Å². The van der Waals surface area contributed by atoms with E-state index >= 15 is 0 Å². The minimum absolute atomic E-state index is 0.0410. The van der Waals surface area contributed by atoms with Crippen LogP contribution in [0.3, 0.4) is 0 Å². The third kappa shape index (κ3) is 4.02. The molecule has 0 radical (unpaired) electrons. The van der Waals surface area contributed by atoms with E-state index in [4.69, 9.17) is 0 Å². The number of pyridine rings is 1. The molecule has 2 rings (SSSR count).